The molecule has 0 spiro atoms. The highest BCUT2D eigenvalue weighted by molar-refractivity contribution is 7.89. The van der Waals surface area contributed by atoms with Crippen molar-refractivity contribution < 1.29 is 22.7 Å². The van der Waals surface area contributed by atoms with E-state index < -0.39 is 10.0 Å². The highest BCUT2D eigenvalue weighted by Crippen LogP contribution is 2.32. The van der Waals surface area contributed by atoms with Crippen molar-refractivity contribution in [3.63, 3.8) is 0 Å². The number of carbonyl (C=O) groups excluding carboxylic acids is 1. The van der Waals surface area contributed by atoms with Gasteiger partial charge in [-0.2, -0.15) is 4.31 Å². The second-order valence-electron chi connectivity index (χ2n) is 8.25. The molecule has 1 fully saturated rings. The Kier molecular flexibility index (Phi) is 5.30. The maximum atomic E-state index is 13.3. The molecule has 0 radical (unpaired) electrons. The third-order valence-corrected chi connectivity index (χ3v) is 8.01. The number of amides is 1. The summed E-state index contributed by atoms with van der Waals surface area (Å²) in [6.45, 7) is 1.15. The lowest BCUT2D eigenvalue weighted by atomic mass is 9.98. The van der Waals surface area contributed by atoms with Gasteiger partial charge in [-0.15, -0.1) is 0 Å². The lowest BCUT2D eigenvalue weighted by molar-refractivity contribution is -0.126. The zero-order valence-electron chi connectivity index (χ0n) is 17.8. The average Bonchev–Trinajstić information content (AvgIpc) is 3.43. The van der Waals surface area contributed by atoms with Crippen molar-refractivity contribution >= 4 is 26.8 Å². The zero-order valence-corrected chi connectivity index (χ0v) is 18.6. The number of piperidine rings is 1. The summed E-state index contributed by atoms with van der Waals surface area (Å²) in [6, 6.07) is 12.6. The Hall–Kier alpha value is -3.04. The summed E-state index contributed by atoms with van der Waals surface area (Å²) in [7, 11) is -1.75. The number of nitrogens with one attached hydrogen (secondary N) is 1. The van der Waals surface area contributed by atoms with Crippen molar-refractivity contribution in [2.75, 3.05) is 19.9 Å². The summed E-state index contributed by atoms with van der Waals surface area (Å²) in [6.07, 6.45) is 3.22. The molecule has 2 aliphatic rings. The first-order valence-electron chi connectivity index (χ1n) is 10.6. The Morgan fingerprint density at radius 2 is 1.97 bits per heavy atom. The Morgan fingerprint density at radius 3 is 2.84 bits per heavy atom. The molecule has 1 atom stereocenters. The van der Waals surface area contributed by atoms with Crippen LogP contribution in [0.25, 0.3) is 10.9 Å². The van der Waals surface area contributed by atoms with Crippen molar-refractivity contribution in [1.29, 1.82) is 0 Å². The van der Waals surface area contributed by atoms with Gasteiger partial charge in [0, 0.05) is 43.8 Å². The van der Waals surface area contributed by atoms with Crippen LogP contribution in [0.2, 0.25) is 0 Å². The number of sulfonamides is 1. The fraction of sp³-hybridized carbons (Fsp3) is 0.348. The van der Waals surface area contributed by atoms with E-state index in [9.17, 15) is 13.2 Å². The minimum Gasteiger partial charge on any atom is -0.454 e. The summed E-state index contributed by atoms with van der Waals surface area (Å²) >= 11 is 0. The molecule has 0 bridgehead atoms. The summed E-state index contributed by atoms with van der Waals surface area (Å²) in [5.41, 5.74) is 1.88. The fourth-order valence-corrected chi connectivity index (χ4v) is 5.89. The number of rotatable bonds is 5. The van der Waals surface area contributed by atoms with Crippen LogP contribution in [0.15, 0.2) is 53.6 Å². The molecule has 3 aromatic rings. The second-order valence-corrected chi connectivity index (χ2v) is 10.2. The van der Waals surface area contributed by atoms with Gasteiger partial charge in [-0.3, -0.25) is 4.79 Å². The molecule has 1 saturated heterocycles. The van der Waals surface area contributed by atoms with E-state index in [1.165, 1.54) is 4.31 Å². The summed E-state index contributed by atoms with van der Waals surface area (Å²) < 4.78 is 40.6. The molecule has 32 heavy (non-hydrogen) atoms. The highest BCUT2D eigenvalue weighted by Gasteiger charge is 2.33. The topological polar surface area (TPSA) is 89.9 Å². The van der Waals surface area contributed by atoms with Crippen molar-refractivity contribution in [3.8, 4) is 11.5 Å². The average molecular weight is 456 g/mol. The minimum atomic E-state index is -3.67. The van der Waals surface area contributed by atoms with Gasteiger partial charge < -0.3 is 19.4 Å². The first-order valence-corrected chi connectivity index (χ1v) is 12.1. The van der Waals surface area contributed by atoms with Gasteiger partial charge in [0.05, 0.1) is 10.8 Å². The van der Waals surface area contributed by atoms with Gasteiger partial charge >= 0.3 is 0 Å². The fourth-order valence-electron chi connectivity index (χ4n) is 4.33. The number of aryl methyl sites for hydroxylation is 1. The van der Waals surface area contributed by atoms with Crippen LogP contribution in [-0.2, 0) is 28.4 Å². The van der Waals surface area contributed by atoms with Crippen LogP contribution in [0.1, 0.15) is 18.4 Å². The van der Waals surface area contributed by atoms with E-state index in [0.29, 0.717) is 37.4 Å². The molecule has 1 N–H and O–H groups in total. The molecule has 9 heteroatoms. The quantitative estimate of drug-likeness (QED) is 0.639. The Labute approximate surface area is 186 Å². The monoisotopic (exact) mass is 455 g/mol. The van der Waals surface area contributed by atoms with Gasteiger partial charge in [-0.25, -0.2) is 8.42 Å². The van der Waals surface area contributed by atoms with Gasteiger partial charge in [-0.1, -0.05) is 6.07 Å². The number of nitrogens with zero attached hydrogens (tertiary/aromatic N) is 2. The van der Waals surface area contributed by atoms with Crippen molar-refractivity contribution in [2.24, 2.45) is 13.0 Å². The molecule has 0 saturated carbocycles. The molecule has 0 aliphatic carbocycles. The SMILES string of the molecule is Cn1ccc2cc(S(=O)(=O)N3CCC[C@@H](C(=O)NCc4ccc5c(c4)OCO5)C3)ccc21. The molecule has 3 heterocycles. The van der Waals surface area contributed by atoms with Gasteiger partial charge in [0.1, 0.15) is 0 Å². The van der Waals surface area contributed by atoms with E-state index in [1.807, 2.05) is 48.1 Å². The third-order valence-electron chi connectivity index (χ3n) is 6.15. The molecular weight excluding hydrogens is 430 g/mol. The summed E-state index contributed by atoms with van der Waals surface area (Å²) in [5.74, 6) is 0.845. The molecule has 8 nitrogen and oxygen atoms in total. The van der Waals surface area contributed by atoms with E-state index in [1.54, 1.807) is 12.1 Å². The number of carbonyl (C=O) groups is 1. The predicted octanol–water partition coefficient (Wildman–Crippen LogP) is 2.62. The predicted molar refractivity (Wildman–Crippen MR) is 119 cm³/mol. The minimum absolute atomic E-state index is 0.138. The van der Waals surface area contributed by atoms with Gasteiger partial charge in [-0.05, 0) is 54.8 Å². The number of benzene rings is 2. The van der Waals surface area contributed by atoms with Crippen LogP contribution in [-0.4, -0.2) is 43.1 Å². The van der Waals surface area contributed by atoms with Crippen molar-refractivity contribution in [1.82, 2.24) is 14.2 Å². The first kappa shape index (κ1) is 20.8. The van der Waals surface area contributed by atoms with E-state index in [2.05, 4.69) is 5.32 Å². The summed E-state index contributed by atoms with van der Waals surface area (Å²) in [4.78, 5) is 13.1. The van der Waals surface area contributed by atoms with E-state index in [0.717, 1.165) is 16.5 Å². The molecule has 2 aromatic carbocycles. The van der Waals surface area contributed by atoms with Crippen LogP contribution >= 0.6 is 0 Å². The van der Waals surface area contributed by atoms with E-state index >= 15 is 0 Å². The van der Waals surface area contributed by atoms with Crippen LogP contribution in [0, 0.1) is 5.92 Å². The lowest BCUT2D eigenvalue weighted by Gasteiger charge is -2.31. The largest absolute Gasteiger partial charge is 0.454 e. The zero-order chi connectivity index (χ0) is 22.3. The lowest BCUT2D eigenvalue weighted by Crippen LogP contribution is -2.45. The van der Waals surface area contributed by atoms with Gasteiger partial charge in [0.25, 0.3) is 0 Å². The Bertz CT molecular complexity index is 1280. The summed E-state index contributed by atoms with van der Waals surface area (Å²) in [5, 5.41) is 3.82. The maximum absolute atomic E-state index is 13.3. The van der Waals surface area contributed by atoms with Gasteiger partial charge in [0.2, 0.25) is 22.7 Å². The van der Waals surface area contributed by atoms with Crippen LogP contribution in [0.5, 0.6) is 11.5 Å². The van der Waals surface area contributed by atoms with Crippen LogP contribution in [0.4, 0.5) is 0 Å². The number of hydrogen-bond donors (Lipinski definition) is 1. The molecule has 5 rings (SSSR count). The molecule has 2 aliphatic heterocycles. The molecule has 168 valence electrons. The normalized spacial score (nSPS) is 18.7. The molecular formula is C23H25N3O5S. The Balaban J connectivity index is 1.26. The smallest absolute Gasteiger partial charge is 0.243 e. The van der Waals surface area contributed by atoms with E-state index in [4.69, 9.17) is 9.47 Å². The Morgan fingerprint density at radius 1 is 1.12 bits per heavy atom. The number of hydrogen-bond acceptors (Lipinski definition) is 5. The van der Waals surface area contributed by atoms with Crippen LogP contribution in [0.3, 0.4) is 0 Å². The number of ether oxygens (including phenoxy) is 2. The number of fused-ring (bicyclic) bond motifs is 2. The third kappa shape index (κ3) is 3.82. The van der Waals surface area contributed by atoms with E-state index in [-0.39, 0.29) is 30.1 Å². The molecule has 1 amide bonds. The van der Waals surface area contributed by atoms with Crippen molar-refractivity contribution in [3.05, 3.63) is 54.2 Å². The highest BCUT2D eigenvalue weighted by atomic mass is 32.2. The standard InChI is InChI=1S/C23H25N3O5S/c1-25-10-8-17-12-19(5-6-20(17)25)32(28,29)26-9-2-3-18(14-26)23(27)24-13-16-4-7-21-22(11-16)31-15-30-21/h4-8,10-12,18H,2-3,9,13-15H2,1H3,(H,24,27)/t18-/m1/s1. The maximum Gasteiger partial charge on any atom is 0.243 e. The first-order chi connectivity index (χ1) is 15.4. The number of aromatic nitrogens is 1. The van der Waals surface area contributed by atoms with Gasteiger partial charge in [0.15, 0.2) is 11.5 Å². The molecule has 0 unspecified atom stereocenters. The van der Waals surface area contributed by atoms with Crippen LogP contribution < -0.4 is 14.8 Å². The molecule has 1 aromatic heterocycles. The van der Waals surface area contributed by atoms with Crippen molar-refractivity contribution in [2.45, 2.75) is 24.3 Å². The second kappa shape index (κ2) is 8.14.